The van der Waals surface area contributed by atoms with Crippen LogP contribution in [0.15, 0.2) is 48.5 Å². The van der Waals surface area contributed by atoms with Gasteiger partial charge in [-0.1, -0.05) is 114 Å². The molecule has 0 spiro atoms. The first kappa shape index (κ1) is 41.8. The Morgan fingerprint density at radius 2 is 1.40 bits per heavy atom. The summed E-state index contributed by atoms with van der Waals surface area (Å²) in [5.41, 5.74) is 3.00. The monoisotopic (exact) mass is 731 g/mol. The standard InChI is InChI=1S/C41H60F3N3O5/c1-3-5-7-9-11-13-25-46(26-14-12-10-8-6-4-2)29-35-28-37(32-19-17-31(30-48)18-20-32)52-39(51-35)33-21-23-34(24-22-33)45-38(49)36-16-15-27-47(36)40(50)41(42,43)44/h17-24,35-37,39,48H,3-16,25-30H2,1-2H3,(H,45,49)/t35-,36-,37+,39+/m0/s1. The van der Waals surface area contributed by atoms with Crippen LogP contribution in [0.5, 0.6) is 0 Å². The summed E-state index contributed by atoms with van der Waals surface area (Å²) in [5.74, 6) is -2.63. The number of hydrogen-bond donors (Lipinski definition) is 2. The molecule has 2 aliphatic heterocycles. The number of aliphatic hydroxyl groups excluding tert-OH is 1. The quantitative estimate of drug-likeness (QED) is 0.125. The number of likely N-dealkylation sites (tertiary alicyclic amines) is 1. The first-order chi connectivity index (χ1) is 25.1. The zero-order chi connectivity index (χ0) is 37.3. The Kier molecular flexibility index (Phi) is 17.4. The number of nitrogens with one attached hydrogen (secondary N) is 1. The predicted octanol–water partition coefficient (Wildman–Crippen LogP) is 9.24. The van der Waals surface area contributed by atoms with Gasteiger partial charge in [-0.25, -0.2) is 0 Å². The lowest BCUT2D eigenvalue weighted by atomic mass is 9.99. The first-order valence-corrected chi connectivity index (χ1v) is 19.6. The largest absolute Gasteiger partial charge is 0.471 e. The van der Waals surface area contributed by atoms with Gasteiger partial charge in [0.1, 0.15) is 6.04 Å². The molecule has 0 unspecified atom stereocenters. The summed E-state index contributed by atoms with van der Waals surface area (Å²) in [6, 6.07) is 13.6. The highest BCUT2D eigenvalue weighted by Crippen LogP contribution is 2.38. The molecule has 2 aliphatic rings. The Hall–Kier alpha value is -2.99. The molecular weight excluding hydrogens is 671 g/mol. The summed E-state index contributed by atoms with van der Waals surface area (Å²) < 4.78 is 52.5. The van der Waals surface area contributed by atoms with Crippen molar-refractivity contribution < 1.29 is 37.3 Å². The summed E-state index contributed by atoms with van der Waals surface area (Å²) in [6.07, 6.45) is 10.1. The summed E-state index contributed by atoms with van der Waals surface area (Å²) in [7, 11) is 0. The maximum absolute atomic E-state index is 13.1. The molecule has 4 atom stereocenters. The smallest absolute Gasteiger partial charge is 0.392 e. The number of ether oxygens (including phenoxy) is 2. The number of carbonyl (C=O) groups excluding carboxylic acids is 2. The van der Waals surface area contributed by atoms with Gasteiger partial charge in [0.2, 0.25) is 5.91 Å². The number of alkyl halides is 3. The van der Waals surface area contributed by atoms with Crippen LogP contribution in [0.2, 0.25) is 0 Å². The van der Waals surface area contributed by atoms with Crippen LogP contribution in [-0.4, -0.2) is 71.2 Å². The van der Waals surface area contributed by atoms with Crippen LogP contribution < -0.4 is 5.32 Å². The lowest BCUT2D eigenvalue weighted by Crippen LogP contribution is -2.48. The van der Waals surface area contributed by atoms with Crippen LogP contribution in [0.1, 0.15) is 139 Å². The molecule has 290 valence electrons. The van der Waals surface area contributed by atoms with Crippen LogP contribution in [-0.2, 0) is 25.7 Å². The summed E-state index contributed by atoms with van der Waals surface area (Å²) in [5, 5.41) is 12.3. The van der Waals surface area contributed by atoms with E-state index in [1.165, 1.54) is 64.2 Å². The van der Waals surface area contributed by atoms with Crippen molar-refractivity contribution >= 4 is 17.5 Å². The maximum Gasteiger partial charge on any atom is 0.471 e. The molecule has 52 heavy (non-hydrogen) atoms. The molecule has 2 amide bonds. The second-order valence-electron chi connectivity index (χ2n) is 14.5. The zero-order valence-electron chi connectivity index (χ0n) is 31.2. The SMILES string of the molecule is CCCCCCCCN(CCCCCCCC)C[C@@H]1C[C@H](c2ccc(CO)cc2)O[C@H](c2ccc(NC(=O)[C@@H]3CCCN3C(=O)C(F)(F)F)cc2)O1. The van der Waals surface area contributed by atoms with E-state index in [4.69, 9.17) is 9.47 Å². The van der Waals surface area contributed by atoms with Gasteiger partial charge in [0.05, 0.1) is 18.8 Å². The molecule has 0 radical (unpaired) electrons. The van der Waals surface area contributed by atoms with E-state index in [1.807, 2.05) is 24.3 Å². The number of benzene rings is 2. The predicted molar refractivity (Wildman–Crippen MR) is 197 cm³/mol. The van der Waals surface area contributed by atoms with Crippen molar-refractivity contribution in [1.82, 2.24) is 9.80 Å². The molecule has 2 heterocycles. The number of unbranched alkanes of at least 4 members (excludes halogenated alkanes) is 10. The summed E-state index contributed by atoms with van der Waals surface area (Å²) >= 11 is 0. The van der Waals surface area contributed by atoms with Gasteiger partial charge in [0.15, 0.2) is 6.29 Å². The molecule has 4 rings (SSSR count). The van der Waals surface area contributed by atoms with Gasteiger partial charge >= 0.3 is 12.1 Å². The minimum Gasteiger partial charge on any atom is -0.392 e. The molecule has 0 aliphatic carbocycles. The lowest BCUT2D eigenvalue weighted by molar-refractivity contribution is -0.253. The summed E-state index contributed by atoms with van der Waals surface area (Å²) in [6.45, 7) is 7.19. The molecule has 11 heteroatoms. The Morgan fingerprint density at radius 3 is 1.98 bits per heavy atom. The number of nitrogens with zero attached hydrogens (tertiary/aromatic N) is 2. The number of carbonyl (C=O) groups is 2. The molecule has 0 aromatic heterocycles. The highest BCUT2D eigenvalue weighted by Gasteiger charge is 2.47. The molecule has 0 saturated carbocycles. The molecule has 2 saturated heterocycles. The van der Waals surface area contributed by atoms with Gasteiger partial charge in [0, 0.05) is 30.8 Å². The van der Waals surface area contributed by atoms with Crippen molar-refractivity contribution in [3.05, 3.63) is 65.2 Å². The Labute approximate surface area is 308 Å². The lowest BCUT2D eigenvalue weighted by Gasteiger charge is -2.38. The van der Waals surface area contributed by atoms with Crippen molar-refractivity contribution in [3.8, 4) is 0 Å². The fourth-order valence-electron chi connectivity index (χ4n) is 7.24. The molecule has 8 nitrogen and oxygen atoms in total. The number of anilines is 1. The van der Waals surface area contributed by atoms with Crippen molar-refractivity contribution in [2.45, 2.75) is 147 Å². The highest BCUT2D eigenvalue weighted by molar-refractivity contribution is 5.98. The molecule has 2 aromatic carbocycles. The van der Waals surface area contributed by atoms with E-state index < -0.39 is 30.3 Å². The third kappa shape index (κ3) is 13.1. The minimum atomic E-state index is -5.03. The van der Waals surface area contributed by atoms with Gasteiger partial charge < -0.3 is 29.7 Å². The fourth-order valence-corrected chi connectivity index (χ4v) is 7.24. The number of rotatable bonds is 21. The number of halogens is 3. The average molecular weight is 732 g/mol. The number of hydrogen-bond acceptors (Lipinski definition) is 6. The second kappa shape index (κ2) is 21.6. The number of aliphatic hydroxyl groups is 1. The van der Waals surface area contributed by atoms with Crippen LogP contribution in [0.4, 0.5) is 18.9 Å². The third-order valence-electron chi connectivity index (χ3n) is 10.2. The van der Waals surface area contributed by atoms with Crippen LogP contribution in [0, 0.1) is 0 Å². The van der Waals surface area contributed by atoms with Crippen molar-refractivity contribution in [2.24, 2.45) is 0 Å². The molecule has 2 aromatic rings. The van der Waals surface area contributed by atoms with Crippen molar-refractivity contribution in [1.29, 1.82) is 0 Å². The van der Waals surface area contributed by atoms with Crippen LogP contribution in [0.3, 0.4) is 0 Å². The van der Waals surface area contributed by atoms with Crippen LogP contribution >= 0.6 is 0 Å². The third-order valence-corrected chi connectivity index (χ3v) is 10.2. The van der Waals surface area contributed by atoms with Gasteiger partial charge in [-0.15, -0.1) is 0 Å². The average Bonchev–Trinajstić information content (AvgIpc) is 3.64. The van der Waals surface area contributed by atoms with Crippen molar-refractivity contribution in [2.75, 3.05) is 31.5 Å². The van der Waals surface area contributed by atoms with E-state index in [-0.39, 0.29) is 31.8 Å². The van der Waals surface area contributed by atoms with Gasteiger partial charge in [0.25, 0.3) is 0 Å². The van der Waals surface area contributed by atoms with Gasteiger partial charge in [-0.3, -0.25) is 9.59 Å². The minimum absolute atomic E-state index is 0.0354. The normalized spacial score (nSPS) is 20.8. The highest BCUT2D eigenvalue weighted by atomic mass is 19.4. The van der Waals surface area contributed by atoms with E-state index in [0.717, 1.165) is 49.2 Å². The van der Waals surface area contributed by atoms with E-state index in [1.54, 1.807) is 24.3 Å². The van der Waals surface area contributed by atoms with E-state index in [0.29, 0.717) is 23.4 Å². The fraction of sp³-hybridized carbons (Fsp3) is 0.659. The Balaban J connectivity index is 1.45. The topological polar surface area (TPSA) is 91.3 Å². The van der Waals surface area contributed by atoms with Gasteiger partial charge in [-0.05, 0) is 62.0 Å². The van der Waals surface area contributed by atoms with Crippen LogP contribution in [0.25, 0.3) is 0 Å². The molecular formula is C41H60F3N3O5. The second-order valence-corrected chi connectivity index (χ2v) is 14.5. The number of amides is 2. The van der Waals surface area contributed by atoms with E-state index in [9.17, 15) is 27.9 Å². The van der Waals surface area contributed by atoms with Crippen molar-refractivity contribution in [3.63, 3.8) is 0 Å². The van der Waals surface area contributed by atoms with E-state index in [2.05, 4.69) is 24.1 Å². The Bertz CT molecular complexity index is 1320. The zero-order valence-corrected chi connectivity index (χ0v) is 31.2. The first-order valence-electron chi connectivity index (χ1n) is 19.6. The molecule has 2 fully saturated rings. The molecule has 0 bridgehead atoms. The Morgan fingerprint density at radius 1 is 0.827 bits per heavy atom. The van der Waals surface area contributed by atoms with E-state index >= 15 is 0 Å². The molecule has 2 N–H and O–H groups in total. The maximum atomic E-state index is 13.1. The van der Waals surface area contributed by atoms with Gasteiger partial charge in [-0.2, -0.15) is 13.2 Å². The summed E-state index contributed by atoms with van der Waals surface area (Å²) in [4.78, 5) is 28.0.